The molecule has 0 aliphatic rings. The zero-order chi connectivity index (χ0) is 18.7. The van der Waals surface area contributed by atoms with Crippen LogP contribution < -0.4 is 10.6 Å². The molecule has 1 aromatic carbocycles. The molecule has 0 aliphatic heterocycles. The second kappa shape index (κ2) is 7.92. The molecule has 132 valence electrons. The third-order valence-electron chi connectivity index (χ3n) is 3.36. The molecule has 0 saturated carbocycles. The Balaban J connectivity index is 2.08. The quantitative estimate of drug-likeness (QED) is 0.545. The monoisotopic (exact) mass is 478 g/mol. The normalized spacial score (nSPS) is 10.4. The van der Waals surface area contributed by atoms with Crippen LogP contribution in [0.2, 0.25) is 0 Å². The number of carbonyl (C=O) groups excluding carboxylic acids is 2. The van der Waals surface area contributed by atoms with E-state index in [4.69, 9.17) is 4.98 Å². The van der Waals surface area contributed by atoms with Gasteiger partial charge in [-0.15, -0.1) is 0 Å². The predicted octanol–water partition coefficient (Wildman–Crippen LogP) is 4.39. The van der Waals surface area contributed by atoms with Crippen molar-refractivity contribution in [3.8, 4) is 21.8 Å². The summed E-state index contributed by atoms with van der Waals surface area (Å²) in [4.78, 5) is 31.7. The van der Waals surface area contributed by atoms with E-state index in [1.165, 1.54) is 25.2 Å². The second-order valence-corrected chi connectivity index (χ2v) is 7.63. The van der Waals surface area contributed by atoms with Crippen molar-refractivity contribution in [3.05, 3.63) is 46.2 Å². The molecule has 3 aromatic rings. The number of nitrogens with zero attached hydrogens (tertiary/aromatic N) is 2. The average Bonchev–Trinajstić information content (AvgIpc) is 2.98. The van der Waals surface area contributed by atoms with Crippen LogP contribution in [0.3, 0.4) is 0 Å². The molecule has 2 N–H and O–H groups in total. The molecule has 0 fully saturated rings. The molecule has 2 aromatic heterocycles. The van der Waals surface area contributed by atoms with Gasteiger partial charge in [-0.2, -0.15) is 0 Å². The highest BCUT2D eigenvalue weighted by atomic mass is 127. The van der Waals surface area contributed by atoms with E-state index in [0.717, 1.165) is 25.4 Å². The van der Waals surface area contributed by atoms with Crippen molar-refractivity contribution in [2.45, 2.75) is 13.8 Å². The van der Waals surface area contributed by atoms with Gasteiger partial charge in [-0.3, -0.25) is 9.59 Å². The maximum Gasteiger partial charge on any atom is 0.222 e. The third-order valence-corrected chi connectivity index (χ3v) is 5.32. The van der Waals surface area contributed by atoms with Gasteiger partial charge < -0.3 is 10.6 Å². The molecule has 6 nitrogen and oxygen atoms in total. The molecule has 2 amide bonds. The standard InChI is InChI=1S/C18H15IN4O2S/c1-10(24)21-15-9-12(7-8-20-15)17-23-16(18(26-17)22-11(2)25)13-5-3-4-6-14(13)19/h3-9H,1-2H3,(H,22,25)(H,20,21,24). The number of hydrogen-bond acceptors (Lipinski definition) is 5. The van der Waals surface area contributed by atoms with Crippen molar-refractivity contribution in [2.75, 3.05) is 10.6 Å². The number of anilines is 2. The van der Waals surface area contributed by atoms with Crippen LogP contribution in [0, 0.1) is 3.57 Å². The first-order chi connectivity index (χ1) is 12.4. The molecule has 3 rings (SSSR count). The van der Waals surface area contributed by atoms with Crippen molar-refractivity contribution in [3.63, 3.8) is 0 Å². The summed E-state index contributed by atoms with van der Waals surface area (Å²) in [7, 11) is 0. The Morgan fingerprint density at radius 2 is 1.81 bits per heavy atom. The van der Waals surface area contributed by atoms with Crippen LogP contribution in [0.15, 0.2) is 42.6 Å². The molecular weight excluding hydrogens is 463 g/mol. The molecule has 2 heterocycles. The molecule has 0 bridgehead atoms. The van der Waals surface area contributed by atoms with E-state index in [1.807, 2.05) is 30.3 Å². The predicted molar refractivity (Wildman–Crippen MR) is 112 cm³/mol. The minimum atomic E-state index is -0.188. The van der Waals surface area contributed by atoms with Crippen LogP contribution in [0.1, 0.15) is 13.8 Å². The lowest BCUT2D eigenvalue weighted by molar-refractivity contribution is -0.115. The third kappa shape index (κ3) is 4.25. The van der Waals surface area contributed by atoms with E-state index in [-0.39, 0.29) is 11.8 Å². The fourth-order valence-corrected chi connectivity index (χ4v) is 4.00. The number of rotatable bonds is 4. The highest BCUT2D eigenvalue weighted by Gasteiger charge is 2.17. The maximum atomic E-state index is 11.6. The van der Waals surface area contributed by atoms with Crippen LogP contribution in [-0.4, -0.2) is 21.8 Å². The molecule has 8 heteroatoms. The highest BCUT2D eigenvalue weighted by Crippen LogP contribution is 2.39. The number of amides is 2. The second-order valence-electron chi connectivity index (χ2n) is 5.47. The number of carbonyl (C=O) groups is 2. The van der Waals surface area contributed by atoms with Crippen molar-refractivity contribution in [1.29, 1.82) is 0 Å². The lowest BCUT2D eigenvalue weighted by Crippen LogP contribution is -2.07. The highest BCUT2D eigenvalue weighted by molar-refractivity contribution is 14.1. The summed E-state index contributed by atoms with van der Waals surface area (Å²) in [5, 5.41) is 6.95. The summed E-state index contributed by atoms with van der Waals surface area (Å²) < 4.78 is 1.04. The van der Waals surface area contributed by atoms with E-state index >= 15 is 0 Å². The molecule has 0 atom stereocenters. The van der Waals surface area contributed by atoms with Crippen LogP contribution in [0.4, 0.5) is 10.8 Å². The van der Waals surface area contributed by atoms with E-state index in [2.05, 4.69) is 38.2 Å². The van der Waals surface area contributed by atoms with Gasteiger partial charge in [0.05, 0.1) is 0 Å². The molecule has 26 heavy (non-hydrogen) atoms. The summed E-state index contributed by atoms with van der Waals surface area (Å²) >= 11 is 3.64. The first-order valence-corrected chi connectivity index (χ1v) is 9.61. The number of halogens is 1. The number of benzene rings is 1. The Bertz CT molecular complexity index is 987. The largest absolute Gasteiger partial charge is 0.316 e. The number of hydrogen-bond donors (Lipinski definition) is 2. The Morgan fingerprint density at radius 1 is 1.08 bits per heavy atom. The number of pyridine rings is 1. The average molecular weight is 478 g/mol. The van der Waals surface area contributed by atoms with Crippen LogP contribution in [0.5, 0.6) is 0 Å². The van der Waals surface area contributed by atoms with Gasteiger partial charge in [0.1, 0.15) is 21.5 Å². The Kier molecular flexibility index (Phi) is 5.62. The SMILES string of the molecule is CC(=O)Nc1cc(-c2nc(-c3ccccc3I)c(NC(C)=O)s2)ccn1. The summed E-state index contributed by atoms with van der Waals surface area (Å²) in [5.41, 5.74) is 2.50. The van der Waals surface area contributed by atoms with Crippen molar-refractivity contribution >= 4 is 56.6 Å². The lowest BCUT2D eigenvalue weighted by Gasteiger charge is -2.04. The molecule has 0 spiro atoms. The van der Waals surface area contributed by atoms with Crippen molar-refractivity contribution < 1.29 is 9.59 Å². The van der Waals surface area contributed by atoms with E-state index in [0.29, 0.717) is 10.8 Å². The molecule has 0 aliphatic carbocycles. The maximum absolute atomic E-state index is 11.6. The Labute approximate surface area is 168 Å². The molecule has 0 unspecified atom stereocenters. The van der Waals surface area contributed by atoms with Gasteiger partial charge in [0.25, 0.3) is 0 Å². The zero-order valence-electron chi connectivity index (χ0n) is 14.0. The van der Waals surface area contributed by atoms with Gasteiger partial charge in [0.15, 0.2) is 0 Å². The van der Waals surface area contributed by atoms with Crippen molar-refractivity contribution in [2.24, 2.45) is 0 Å². The van der Waals surface area contributed by atoms with E-state index < -0.39 is 0 Å². The topological polar surface area (TPSA) is 84.0 Å². The van der Waals surface area contributed by atoms with Crippen LogP contribution in [-0.2, 0) is 9.59 Å². The van der Waals surface area contributed by atoms with Crippen LogP contribution in [0.25, 0.3) is 21.8 Å². The Morgan fingerprint density at radius 3 is 2.50 bits per heavy atom. The lowest BCUT2D eigenvalue weighted by atomic mass is 10.1. The minimum Gasteiger partial charge on any atom is -0.316 e. The van der Waals surface area contributed by atoms with Gasteiger partial charge in [0.2, 0.25) is 11.8 Å². The van der Waals surface area contributed by atoms with Gasteiger partial charge in [-0.05, 0) is 40.8 Å². The van der Waals surface area contributed by atoms with Gasteiger partial charge in [-0.25, -0.2) is 9.97 Å². The summed E-state index contributed by atoms with van der Waals surface area (Å²) in [6.07, 6.45) is 1.62. The number of nitrogens with one attached hydrogen (secondary N) is 2. The molecule has 0 saturated heterocycles. The van der Waals surface area contributed by atoms with E-state index in [1.54, 1.807) is 12.3 Å². The van der Waals surface area contributed by atoms with Crippen molar-refractivity contribution in [1.82, 2.24) is 9.97 Å². The number of aromatic nitrogens is 2. The smallest absolute Gasteiger partial charge is 0.222 e. The van der Waals surface area contributed by atoms with Crippen LogP contribution >= 0.6 is 33.9 Å². The zero-order valence-corrected chi connectivity index (χ0v) is 17.0. The molecule has 0 radical (unpaired) electrons. The first-order valence-electron chi connectivity index (χ1n) is 7.71. The summed E-state index contributed by atoms with van der Waals surface area (Å²) in [6.45, 7) is 2.91. The number of thiazole rings is 1. The van der Waals surface area contributed by atoms with Gasteiger partial charge in [0, 0.05) is 34.7 Å². The fourth-order valence-electron chi connectivity index (χ4n) is 2.34. The van der Waals surface area contributed by atoms with Gasteiger partial charge >= 0.3 is 0 Å². The minimum absolute atomic E-state index is 0.152. The Hall–Kier alpha value is -2.33. The van der Waals surface area contributed by atoms with Gasteiger partial charge in [-0.1, -0.05) is 29.5 Å². The molecular formula is C18H15IN4O2S. The first kappa shape index (κ1) is 18.5. The fraction of sp³-hybridized carbons (Fsp3) is 0.111. The van der Waals surface area contributed by atoms with E-state index in [9.17, 15) is 9.59 Å². The summed E-state index contributed by atoms with van der Waals surface area (Å²) in [5.74, 6) is 0.121. The summed E-state index contributed by atoms with van der Waals surface area (Å²) in [6, 6.07) is 11.4.